The summed E-state index contributed by atoms with van der Waals surface area (Å²) in [4.78, 5) is 11.9. The van der Waals surface area contributed by atoms with Crippen LogP contribution >= 0.6 is 0 Å². The highest BCUT2D eigenvalue weighted by molar-refractivity contribution is 5.94. The van der Waals surface area contributed by atoms with Crippen molar-refractivity contribution in [1.82, 2.24) is 5.32 Å². The van der Waals surface area contributed by atoms with Gasteiger partial charge >= 0.3 is 0 Å². The average molecular weight is 290 g/mol. The summed E-state index contributed by atoms with van der Waals surface area (Å²) < 4.78 is 10.2. The van der Waals surface area contributed by atoms with Gasteiger partial charge in [-0.3, -0.25) is 4.79 Å². The SMILES string of the molecule is COCCOCCCNC(=O)c1ccc(C#CCN)cc1. The van der Waals surface area contributed by atoms with Gasteiger partial charge in [-0.25, -0.2) is 0 Å². The first-order valence-electron chi connectivity index (χ1n) is 6.92. The van der Waals surface area contributed by atoms with Crippen molar-refractivity contribution in [2.45, 2.75) is 6.42 Å². The largest absolute Gasteiger partial charge is 0.382 e. The first kappa shape index (κ1) is 17.2. The molecule has 1 aromatic rings. The summed E-state index contributed by atoms with van der Waals surface area (Å²) in [5, 5.41) is 2.85. The first-order chi connectivity index (χ1) is 10.3. The molecule has 3 N–H and O–H groups in total. The number of ether oxygens (including phenoxy) is 2. The standard InChI is InChI=1S/C16H22N2O3/c1-20-12-13-21-11-3-10-18-16(19)15-7-5-14(6-8-15)4-2-9-17/h5-8H,3,9-13,17H2,1H3,(H,18,19). The fraction of sp³-hybridized carbons (Fsp3) is 0.438. The maximum absolute atomic E-state index is 11.9. The minimum absolute atomic E-state index is 0.0924. The van der Waals surface area contributed by atoms with E-state index in [0.29, 0.717) is 38.5 Å². The lowest BCUT2D eigenvalue weighted by molar-refractivity contribution is 0.0688. The van der Waals surface area contributed by atoms with E-state index in [0.717, 1.165) is 12.0 Å². The zero-order chi connectivity index (χ0) is 15.3. The van der Waals surface area contributed by atoms with Crippen molar-refractivity contribution in [2.24, 2.45) is 5.73 Å². The van der Waals surface area contributed by atoms with Crippen molar-refractivity contribution < 1.29 is 14.3 Å². The van der Waals surface area contributed by atoms with Crippen LogP contribution in [0.25, 0.3) is 0 Å². The maximum Gasteiger partial charge on any atom is 0.251 e. The van der Waals surface area contributed by atoms with E-state index in [9.17, 15) is 4.79 Å². The molecule has 0 fully saturated rings. The predicted molar refractivity (Wildman–Crippen MR) is 82.0 cm³/mol. The monoisotopic (exact) mass is 290 g/mol. The number of methoxy groups -OCH3 is 1. The van der Waals surface area contributed by atoms with Crippen LogP contribution in [-0.2, 0) is 9.47 Å². The number of hydrogen-bond acceptors (Lipinski definition) is 4. The van der Waals surface area contributed by atoms with Gasteiger partial charge in [0, 0.05) is 31.4 Å². The Hall–Kier alpha value is -1.87. The third-order valence-electron chi connectivity index (χ3n) is 2.66. The summed E-state index contributed by atoms with van der Waals surface area (Å²) >= 11 is 0. The molecule has 1 amide bonds. The molecular weight excluding hydrogens is 268 g/mol. The van der Waals surface area contributed by atoms with E-state index in [1.165, 1.54) is 0 Å². The summed E-state index contributed by atoms with van der Waals surface area (Å²) in [6.45, 7) is 2.69. The third kappa shape index (κ3) is 7.47. The molecule has 0 radical (unpaired) electrons. The Morgan fingerprint density at radius 3 is 2.67 bits per heavy atom. The van der Waals surface area contributed by atoms with Crippen LogP contribution < -0.4 is 11.1 Å². The van der Waals surface area contributed by atoms with Crippen LogP contribution in [0.2, 0.25) is 0 Å². The number of nitrogens with one attached hydrogen (secondary N) is 1. The van der Waals surface area contributed by atoms with Crippen LogP contribution in [-0.4, -0.2) is 45.9 Å². The summed E-state index contributed by atoms with van der Waals surface area (Å²) in [6, 6.07) is 7.13. The number of benzene rings is 1. The van der Waals surface area contributed by atoms with Gasteiger partial charge in [-0.05, 0) is 30.7 Å². The zero-order valence-corrected chi connectivity index (χ0v) is 12.4. The fourth-order valence-corrected chi connectivity index (χ4v) is 1.58. The van der Waals surface area contributed by atoms with Crippen molar-refractivity contribution in [3.8, 4) is 11.8 Å². The van der Waals surface area contributed by atoms with Crippen LogP contribution in [0.1, 0.15) is 22.3 Å². The Bertz CT molecular complexity index is 475. The van der Waals surface area contributed by atoms with Gasteiger partial charge in [0.1, 0.15) is 0 Å². The molecule has 21 heavy (non-hydrogen) atoms. The van der Waals surface area contributed by atoms with Gasteiger partial charge in [0.05, 0.1) is 19.8 Å². The number of amides is 1. The quantitative estimate of drug-likeness (QED) is 0.548. The Labute approximate surface area is 125 Å². The van der Waals surface area contributed by atoms with E-state index in [-0.39, 0.29) is 5.91 Å². The second-order valence-corrected chi connectivity index (χ2v) is 4.30. The van der Waals surface area contributed by atoms with Crippen molar-refractivity contribution in [3.63, 3.8) is 0 Å². The highest BCUT2D eigenvalue weighted by Gasteiger charge is 2.03. The Morgan fingerprint density at radius 1 is 1.24 bits per heavy atom. The van der Waals surface area contributed by atoms with Gasteiger partial charge < -0.3 is 20.5 Å². The molecule has 0 saturated carbocycles. The number of carbonyl (C=O) groups excluding carboxylic acids is 1. The normalized spacial score (nSPS) is 9.81. The molecule has 0 spiro atoms. The lowest BCUT2D eigenvalue weighted by atomic mass is 10.1. The van der Waals surface area contributed by atoms with Crippen LogP contribution in [0.15, 0.2) is 24.3 Å². The molecule has 114 valence electrons. The molecule has 0 atom stereocenters. The van der Waals surface area contributed by atoms with Gasteiger partial charge in [-0.15, -0.1) is 0 Å². The van der Waals surface area contributed by atoms with Crippen LogP contribution in [0.5, 0.6) is 0 Å². The molecule has 0 aliphatic rings. The van der Waals surface area contributed by atoms with Crippen LogP contribution in [0.3, 0.4) is 0 Å². The lowest BCUT2D eigenvalue weighted by Crippen LogP contribution is -2.25. The molecule has 5 nitrogen and oxygen atoms in total. The number of nitrogens with two attached hydrogens (primary N) is 1. The predicted octanol–water partition coefficient (Wildman–Crippen LogP) is 0.780. The fourth-order valence-electron chi connectivity index (χ4n) is 1.58. The van der Waals surface area contributed by atoms with E-state index in [1.54, 1.807) is 19.2 Å². The van der Waals surface area contributed by atoms with Gasteiger partial charge in [0.15, 0.2) is 0 Å². The third-order valence-corrected chi connectivity index (χ3v) is 2.66. The summed E-state index contributed by atoms with van der Waals surface area (Å²) in [7, 11) is 1.64. The first-order valence-corrected chi connectivity index (χ1v) is 6.92. The van der Waals surface area contributed by atoms with Gasteiger partial charge in [-0.1, -0.05) is 11.8 Å². The van der Waals surface area contributed by atoms with Crippen molar-refractivity contribution >= 4 is 5.91 Å². The summed E-state index contributed by atoms with van der Waals surface area (Å²) in [5.41, 5.74) is 6.78. The van der Waals surface area contributed by atoms with Crippen molar-refractivity contribution in [1.29, 1.82) is 0 Å². The Balaban J connectivity index is 2.26. The highest BCUT2D eigenvalue weighted by atomic mass is 16.5. The van der Waals surface area contributed by atoms with Gasteiger partial charge in [0.2, 0.25) is 0 Å². The Morgan fingerprint density at radius 2 is 2.00 bits per heavy atom. The van der Waals surface area contributed by atoms with E-state index in [2.05, 4.69) is 17.2 Å². The summed E-state index contributed by atoms with van der Waals surface area (Å²) in [5.74, 6) is 5.59. The molecule has 0 heterocycles. The Kier molecular flexibility index (Phi) is 8.89. The topological polar surface area (TPSA) is 73.6 Å². The highest BCUT2D eigenvalue weighted by Crippen LogP contribution is 2.03. The van der Waals surface area contributed by atoms with Crippen molar-refractivity contribution in [3.05, 3.63) is 35.4 Å². The molecule has 1 aromatic carbocycles. The van der Waals surface area contributed by atoms with E-state index < -0.39 is 0 Å². The minimum Gasteiger partial charge on any atom is -0.382 e. The molecule has 0 aliphatic heterocycles. The average Bonchev–Trinajstić information content (AvgIpc) is 2.52. The second-order valence-electron chi connectivity index (χ2n) is 4.30. The lowest BCUT2D eigenvalue weighted by Gasteiger charge is -2.06. The molecule has 0 unspecified atom stereocenters. The molecular formula is C16H22N2O3. The van der Waals surface area contributed by atoms with Gasteiger partial charge in [-0.2, -0.15) is 0 Å². The minimum atomic E-state index is -0.0924. The zero-order valence-electron chi connectivity index (χ0n) is 12.4. The number of carbonyl (C=O) groups is 1. The summed E-state index contributed by atoms with van der Waals surface area (Å²) in [6.07, 6.45) is 0.773. The second kappa shape index (κ2) is 10.9. The van der Waals surface area contributed by atoms with E-state index >= 15 is 0 Å². The number of rotatable bonds is 8. The molecule has 0 aliphatic carbocycles. The molecule has 0 aromatic heterocycles. The smallest absolute Gasteiger partial charge is 0.251 e. The molecule has 5 heteroatoms. The maximum atomic E-state index is 11.9. The van der Waals surface area contributed by atoms with Gasteiger partial charge in [0.25, 0.3) is 5.91 Å². The molecule has 0 saturated heterocycles. The van der Waals surface area contributed by atoms with E-state index in [4.69, 9.17) is 15.2 Å². The van der Waals surface area contributed by atoms with Crippen LogP contribution in [0, 0.1) is 11.8 Å². The molecule has 1 rings (SSSR count). The number of hydrogen-bond donors (Lipinski definition) is 2. The van der Waals surface area contributed by atoms with E-state index in [1.807, 2.05) is 12.1 Å². The molecule has 0 bridgehead atoms. The van der Waals surface area contributed by atoms with Crippen molar-refractivity contribution in [2.75, 3.05) is 40.0 Å². The van der Waals surface area contributed by atoms with Crippen LogP contribution in [0.4, 0.5) is 0 Å².